The van der Waals surface area contributed by atoms with Crippen molar-refractivity contribution in [3.05, 3.63) is 105 Å². The van der Waals surface area contributed by atoms with Crippen LogP contribution in [0.1, 0.15) is 39.1 Å². The molecular weight excluding hydrogens is 450 g/mol. The summed E-state index contributed by atoms with van der Waals surface area (Å²) < 4.78 is 6.26. The second kappa shape index (κ2) is 9.84. The molecule has 0 aliphatic rings. The molecule has 0 saturated carbocycles. The van der Waals surface area contributed by atoms with Crippen LogP contribution in [0.4, 0.5) is 0 Å². The lowest BCUT2D eigenvalue weighted by Gasteiger charge is -2.13. The van der Waals surface area contributed by atoms with Crippen molar-refractivity contribution in [2.24, 2.45) is 0 Å². The van der Waals surface area contributed by atoms with Gasteiger partial charge >= 0.3 is 5.97 Å². The second-order valence-corrected chi connectivity index (χ2v) is 8.28. The summed E-state index contributed by atoms with van der Waals surface area (Å²) in [5, 5.41) is 3.32. The van der Waals surface area contributed by atoms with Crippen molar-refractivity contribution >= 4 is 35.0 Å². The second-order valence-electron chi connectivity index (χ2n) is 7.89. The summed E-state index contributed by atoms with van der Waals surface area (Å²) in [6.07, 6.45) is 0. The number of carbonyl (C=O) groups excluding carboxylic acids is 2. The molecule has 34 heavy (non-hydrogen) atoms. The minimum atomic E-state index is -0.502. The van der Waals surface area contributed by atoms with Crippen molar-refractivity contribution in [1.82, 2.24) is 14.9 Å². The number of hydrogen-bond donors (Lipinski definition) is 2. The largest absolute Gasteiger partial charge is 0.465 e. The van der Waals surface area contributed by atoms with E-state index in [1.54, 1.807) is 30.3 Å². The van der Waals surface area contributed by atoms with Crippen LogP contribution < -0.4 is 10.9 Å². The average Bonchev–Trinajstić information content (AvgIpc) is 2.87. The summed E-state index contributed by atoms with van der Waals surface area (Å²) in [4.78, 5) is 40.5. The van der Waals surface area contributed by atoms with E-state index in [0.717, 1.165) is 5.56 Å². The number of carbonyl (C=O) groups is 2. The predicted octanol–water partition coefficient (Wildman–Crippen LogP) is 4.37. The summed E-state index contributed by atoms with van der Waals surface area (Å²) in [6.45, 7) is 2.56. The van der Waals surface area contributed by atoms with E-state index < -0.39 is 5.97 Å². The minimum absolute atomic E-state index is 0.174. The fourth-order valence-corrected chi connectivity index (χ4v) is 4.00. The Hall–Kier alpha value is -4.04. The maximum Gasteiger partial charge on any atom is 0.337 e. The van der Waals surface area contributed by atoms with E-state index in [2.05, 4.69) is 17.2 Å². The van der Waals surface area contributed by atoms with Gasteiger partial charge in [-0.1, -0.05) is 37.3 Å². The molecule has 0 fully saturated rings. The third-order valence-electron chi connectivity index (χ3n) is 5.64. The van der Waals surface area contributed by atoms with Crippen LogP contribution in [0.15, 0.2) is 77.6 Å². The van der Waals surface area contributed by atoms with Gasteiger partial charge in [0.2, 0.25) is 0 Å². The first-order valence-electron chi connectivity index (χ1n) is 10.7. The van der Waals surface area contributed by atoms with Gasteiger partial charge in [0.25, 0.3) is 11.5 Å². The van der Waals surface area contributed by atoms with Crippen molar-refractivity contribution in [3.8, 4) is 5.69 Å². The quantitative estimate of drug-likeness (QED) is 0.320. The highest BCUT2D eigenvalue weighted by atomic mass is 32.1. The van der Waals surface area contributed by atoms with Crippen molar-refractivity contribution in [3.63, 3.8) is 0 Å². The van der Waals surface area contributed by atoms with Crippen LogP contribution in [0.5, 0.6) is 0 Å². The lowest BCUT2D eigenvalue weighted by molar-refractivity contribution is 0.0600. The molecule has 0 aliphatic heterocycles. The van der Waals surface area contributed by atoms with E-state index >= 15 is 0 Å². The smallest absolute Gasteiger partial charge is 0.337 e. The monoisotopic (exact) mass is 473 g/mol. The SMILES string of the molecule is COC(=O)c1ccc2c(=O)n(-c3ccc(C(=O)NC[C@@H](C)c4ccccc4)cc3)c(=S)[nH]c2c1. The fraction of sp³-hybridized carbons (Fsp3) is 0.154. The Morgan fingerprint density at radius 3 is 2.38 bits per heavy atom. The van der Waals surface area contributed by atoms with E-state index in [4.69, 9.17) is 17.0 Å². The molecule has 1 heterocycles. The van der Waals surface area contributed by atoms with Gasteiger partial charge in [-0.15, -0.1) is 0 Å². The highest BCUT2D eigenvalue weighted by Crippen LogP contribution is 2.16. The number of H-pyrrole nitrogens is 1. The Bertz CT molecular complexity index is 1470. The topological polar surface area (TPSA) is 93.2 Å². The number of rotatable bonds is 6. The standard InChI is InChI=1S/C26H23N3O4S/c1-16(17-6-4-3-5-7-17)15-27-23(30)18-8-11-20(12-9-18)29-24(31)21-13-10-19(25(32)33-2)14-22(21)28-26(29)34/h3-14,16H,15H2,1-2H3,(H,27,30)(H,28,34)/t16-/m1/s1. The van der Waals surface area contributed by atoms with Crippen LogP contribution in [-0.4, -0.2) is 35.1 Å². The van der Waals surface area contributed by atoms with Crippen LogP contribution >= 0.6 is 12.2 Å². The Balaban J connectivity index is 1.56. The van der Waals surface area contributed by atoms with Gasteiger partial charge in [0.05, 0.1) is 29.3 Å². The van der Waals surface area contributed by atoms with Gasteiger partial charge in [-0.2, -0.15) is 0 Å². The summed E-state index contributed by atoms with van der Waals surface area (Å²) in [5.74, 6) is -0.517. The first kappa shape index (κ1) is 23.1. The van der Waals surface area contributed by atoms with Gasteiger partial charge < -0.3 is 15.0 Å². The maximum atomic E-state index is 13.1. The molecule has 0 saturated heterocycles. The molecule has 4 rings (SSSR count). The lowest BCUT2D eigenvalue weighted by Crippen LogP contribution is -2.27. The number of nitrogens with one attached hydrogen (secondary N) is 2. The first-order valence-corrected chi connectivity index (χ1v) is 11.1. The predicted molar refractivity (Wildman–Crippen MR) is 133 cm³/mol. The first-order chi connectivity index (χ1) is 16.4. The van der Waals surface area contributed by atoms with Gasteiger partial charge in [-0.3, -0.25) is 14.2 Å². The molecule has 1 aromatic heterocycles. The summed E-state index contributed by atoms with van der Waals surface area (Å²) in [5.41, 5.74) is 2.59. The Kier molecular flexibility index (Phi) is 6.70. The highest BCUT2D eigenvalue weighted by molar-refractivity contribution is 7.71. The summed E-state index contributed by atoms with van der Waals surface area (Å²) >= 11 is 5.40. The number of aromatic nitrogens is 2. The van der Waals surface area contributed by atoms with Crippen molar-refractivity contribution in [2.45, 2.75) is 12.8 Å². The molecule has 0 radical (unpaired) electrons. The highest BCUT2D eigenvalue weighted by Gasteiger charge is 2.13. The number of hydrogen-bond acceptors (Lipinski definition) is 5. The Labute approximate surface area is 201 Å². The molecule has 0 unspecified atom stereocenters. The van der Waals surface area contributed by atoms with Crippen molar-refractivity contribution in [1.29, 1.82) is 0 Å². The Morgan fingerprint density at radius 2 is 1.71 bits per heavy atom. The van der Waals surface area contributed by atoms with Crippen LogP contribution in [0.3, 0.4) is 0 Å². The molecule has 8 heteroatoms. The molecule has 7 nitrogen and oxygen atoms in total. The normalized spacial score (nSPS) is 11.7. The van der Waals surface area contributed by atoms with Crippen molar-refractivity contribution in [2.75, 3.05) is 13.7 Å². The molecule has 0 spiro atoms. The lowest BCUT2D eigenvalue weighted by atomic mass is 10.0. The minimum Gasteiger partial charge on any atom is -0.465 e. The number of amides is 1. The molecule has 4 aromatic rings. The molecular formula is C26H23N3O4S. The maximum absolute atomic E-state index is 13.1. The van der Waals surface area contributed by atoms with Gasteiger partial charge in [0.15, 0.2) is 4.77 Å². The van der Waals surface area contributed by atoms with E-state index in [9.17, 15) is 14.4 Å². The number of methoxy groups -OCH3 is 1. The number of aromatic amines is 1. The van der Waals surface area contributed by atoms with Crippen LogP contribution in [0, 0.1) is 4.77 Å². The van der Waals surface area contributed by atoms with Gasteiger partial charge in [0.1, 0.15) is 0 Å². The van der Waals surface area contributed by atoms with E-state index in [1.807, 2.05) is 30.3 Å². The zero-order chi connectivity index (χ0) is 24.2. The number of fused-ring (bicyclic) bond motifs is 1. The number of ether oxygens (including phenoxy) is 1. The van der Waals surface area contributed by atoms with Crippen molar-refractivity contribution < 1.29 is 14.3 Å². The molecule has 0 aliphatic carbocycles. The van der Waals surface area contributed by atoms with E-state index in [-0.39, 0.29) is 22.2 Å². The third kappa shape index (κ3) is 4.67. The number of esters is 1. The average molecular weight is 474 g/mol. The zero-order valence-electron chi connectivity index (χ0n) is 18.7. The van der Waals surface area contributed by atoms with Crippen LogP contribution in [0.25, 0.3) is 16.6 Å². The van der Waals surface area contributed by atoms with Gasteiger partial charge in [-0.05, 0) is 66.2 Å². The molecule has 1 atom stereocenters. The van der Waals surface area contributed by atoms with Crippen LogP contribution in [-0.2, 0) is 4.74 Å². The molecule has 1 amide bonds. The zero-order valence-corrected chi connectivity index (χ0v) is 19.5. The molecule has 2 N–H and O–H groups in total. The Morgan fingerprint density at radius 1 is 1.03 bits per heavy atom. The van der Waals surface area contributed by atoms with Gasteiger partial charge in [0, 0.05) is 12.1 Å². The molecule has 172 valence electrons. The summed E-state index contributed by atoms with van der Waals surface area (Å²) in [6, 6.07) is 21.3. The molecule has 0 bridgehead atoms. The number of nitrogens with zero attached hydrogens (tertiary/aromatic N) is 1. The number of benzene rings is 3. The summed E-state index contributed by atoms with van der Waals surface area (Å²) in [7, 11) is 1.29. The van der Waals surface area contributed by atoms with E-state index in [1.165, 1.54) is 23.8 Å². The van der Waals surface area contributed by atoms with Crippen LogP contribution in [0.2, 0.25) is 0 Å². The van der Waals surface area contributed by atoms with E-state index in [0.29, 0.717) is 34.3 Å². The third-order valence-corrected chi connectivity index (χ3v) is 5.93. The fourth-order valence-electron chi connectivity index (χ4n) is 3.71. The molecule has 3 aromatic carbocycles. The van der Waals surface area contributed by atoms with Gasteiger partial charge in [-0.25, -0.2) is 4.79 Å².